The largest absolute Gasteiger partial charge is 0.316 e. The minimum Gasteiger partial charge on any atom is -0.316 e. The monoisotopic (exact) mass is 337 g/mol. The molecule has 19 heavy (non-hydrogen) atoms. The summed E-state index contributed by atoms with van der Waals surface area (Å²) in [5, 5.41) is 0.696. The molecule has 1 aliphatic rings. The molecule has 0 aliphatic heterocycles. The number of rotatable bonds is 1. The van der Waals surface area contributed by atoms with E-state index in [1.54, 1.807) is 0 Å². The van der Waals surface area contributed by atoms with Crippen LogP contribution in [0.1, 0.15) is 34.6 Å². The minimum atomic E-state index is 0.251. The highest BCUT2D eigenvalue weighted by Crippen LogP contribution is 2.32. The summed E-state index contributed by atoms with van der Waals surface area (Å²) in [7, 11) is 0. The van der Waals surface area contributed by atoms with Crippen molar-refractivity contribution in [3.8, 4) is 5.69 Å². The molecular weight excluding hydrogens is 326 g/mol. The maximum atomic E-state index is 12.0. The molecular formula is C15H13BrClNO. The summed E-state index contributed by atoms with van der Waals surface area (Å²) in [4.78, 5) is 12.0. The Balaban J connectivity index is 2.26. The van der Waals surface area contributed by atoms with Crippen LogP contribution in [0.5, 0.6) is 0 Å². The van der Waals surface area contributed by atoms with Gasteiger partial charge in [0.2, 0.25) is 0 Å². The van der Waals surface area contributed by atoms with Gasteiger partial charge in [0.05, 0.1) is 5.69 Å². The zero-order valence-electron chi connectivity index (χ0n) is 10.5. The second kappa shape index (κ2) is 4.80. The van der Waals surface area contributed by atoms with Crippen LogP contribution in [0.4, 0.5) is 0 Å². The van der Waals surface area contributed by atoms with Gasteiger partial charge in [0.1, 0.15) is 0 Å². The molecule has 0 spiro atoms. The third-order valence-corrected chi connectivity index (χ3v) is 4.46. The van der Waals surface area contributed by atoms with E-state index in [2.05, 4.69) is 20.5 Å². The van der Waals surface area contributed by atoms with Crippen molar-refractivity contribution >= 4 is 33.3 Å². The number of Topliss-reactive ketones (excluding diaryl/α,β-unsaturated/α-hetero) is 1. The Morgan fingerprint density at radius 3 is 2.84 bits per heavy atom. The molecule has 0 saturated heterocycles. The molecule has 0 bridgehead atoms. The van der Waals surface area contributed by atoms with Crippen molar-refractivity contribution in [2.45, 2.75) is 26.2 Å². The second-order valence-corrected chi connectivity index (χ2v) is 6.14. The zero-order chi connectivity index (χ0) is 13.6. The predicted octanol–water partition coefficient (Wildman–Crippen LogP) is 4.72. The van der Waals surface area contributed by atoms with Gasteiger partial charge in [-0.25, -0.2) is 0 Å². The third-order valence-electron chi connectivity index (χ3n) is 3.55. The number of hydrogen-bond donors (Lipinski definition) is 0. The van der Waals surface area contributed by atoms with Gasteiger partial charge in [-0.05, 0) is 60.0 Å². The quantitative estimate of drug-likeness (QED) is 0.737. The van der Waals surface area contributed by atoms with E-state index in [0.29, 0.717) is 11.4 Å². The van der Waals surface area contributed by atoms with E-state index in [-0.39, 0.29) is 5.78 Å². The SMILES string of the molecule is Cc1cc2c(n1-c1cc(Cl)ccc1Br)CCCC2=O. The van der Waals surface area contributed by atoms with Crippen LogP contribution in [0.3, 0.4) is 0 Å². The van der Waals surface area contributed by atoms with E-state index < -0.39 is 0 Å². The van der Waals surface area contributed by atoms with Crippen LogP contribution in [-0.4, -0.2) is 10.4 Å². The van der Waals surface area contributed by atoms with Crippen molar-refractivity contribution in [3.05, 3.63) is 50.7 Å². The summed E-state index contributed by atoms with van der Waals surface area (Å²) in [6, 6.07) is 7.71. The molecule has 0 fully saturated rings. The normalized spacial score (nSPS) is 14.6. The smallest absolute Gasteiger partial charge is 0.164 e. The van der Waals surface area contributed by atoms with E-state index in [0.717, 1.165) is 40.0 Å². The molecule has 98 valence electrons. The number of carbonyl (C=O) groups is 1. The lowest BCUT2D eigenvalue weighted by Gasteiger charge is -2.17. The number of fused-ring (bicyclic) bond motifs is 1. The second-order valence-electron chi connectivity index (χ2n) is 4.85. The minimum absolute atomic E-state index is 0.251. The fraction of sp³-hybridized carbons (Fsp3) is 0.267. The first-order valence-corrected chi connectivity index (χ1v) is 7.45. The lowest BCUT2D eigenvalue weighted by Crippen LogP contribution is -2.13. The maximum absolute atomic E-state index is 12.0. The predicted molar refractivity (Wildman–Crippen MR) is 80.5 cm³/mol. The highest BCUT2D eigenvalue weighted by molar-refractivity contribution is 9.10. The summed E-state index contributed by atoms with van der Waals surface area (Å²) >= 11 is 9.66. The van der Waals surface area contributed by atoms with Crippen molar-refractivity contribution in [1.29, 1.82) is 0 Å². The van der Waals surface area contributed by atoms with Crippen molar-refractivity contribution in [1.82, 2.24) is 4.57 Å². The van der Waals surface area contributed by atoms with E-state index in [1.807, 2.05) is 31.2 Å². The molecule has 3 rings (SSSR count). The number of carbonyl (C=O) groups excluding carboxylic acids is 1. The average Bonchev–Trinajstić information content (AvgIpc) is 2.70. The number of halogens is 2. The van der Waals surface area contributed by atoms with Gasteiger partial charge < -0.3 is 4.57 Å². The first-order valence-electron chi connectivity index (χ1n) is 6.28. The Labute approximate surface area is 125 Å². The molecule has 1 aliphatic carbocycles. The molecule has 2 aromatic rings. The van der Waals surface area contributed by atoms with Gasteiger partial charge in [-0.1, -0.05) is 11.6 Å². The van der Waals surface area contributed by atoms with Crippen LogP contribution in [0.15, 0.2) is 28.7 Å². The highest BCUT2D eigenvalue weighted by Gasteiger charge is 2.23. The molecule has 0 atom stereocenters. The molecule has 0 N–H and O–H groups in total. The number of aryl methyl sites for hydroxylation is 1. The first-order chi connectivity index (χ1) is 9.08. The summed E-state index contributed by atoms with van der Waals surface area (Å²) in [5.74, 6) is 0.251. The van der Waals surface area contributed by atoms with Crippen molar-refractivity contribution in [2.24, 2.45) is 0 Å². The van der Waals surface area contributed by atoms with Crippen LogP contribution in [0.2, 0.25) is 5.02 Å². The van der Waals surface area contributed by atoms with Crippen LogP contribution < -0.4 is 0 Å². The van der Waals surface area contributed by atoms with Gasteiger partial charge in [-0.15, -0.1) is 0 Å². The van der Waals surface area contributed by atoms with Crippen LogP contribution in [0, 0.1) is 6.92 Å². The number of ketones is 1. The first kappa shape index (κ1) is 12.9. The summed E-state index contributed by atoms with van der Waals surface area (Å²) in [5.41, 5.74) is 4.05. The van der Waals surface area contributed by atoms with Crippen LogP contribution >= 0.6 is 27.5 Å². The summed E-state index contributed by atoms with van der Waals surface area (Å²) < 4.78 is 3.12. The Bertz CT molecular complexity index is 675. The van der Waals surface area contributed by atoms with E-state index in [4.69, 9.17) is 11.6 Å². The third kappa shape index (κ3) is 2.15. The molecule has 2 nitrogen and oxygen atoms in total. The zero-order valence-corrected chi connectivity index (χ0v) is 12.9. The van der Waals surface area contributed by atoms with Gasteiger partial charge in [0, 0.05) is 32.9 Å². The topological polar surface area (TPSA) is 22.0 Å². The Morgan fingerprint density at radius 2 is 2.05 bits per heavy atom. The van der Waals surface area contributed by atoms with Gasteiger partial charge in [0.25, 0.3) is 0 Å². The van der Waals surface area contributed by atoms with Crippen molar-refractivity contribution in [3.63, 3.8) is 0 Å². The highest BCUT2D eigenvalue weighted by atomic mass is 79.9. The maximum Gasteiger partial charge on any atom is 0.164 e. The van der Waals surface area contributed by atoms with Gasteiger partial charge >= 0.3 is 0 Å². The van der Waals surface area contributed by atoms with Crippen molar-refractivity contribution < 1.29 is 4.79 Å². The lowest BCUT2D eigenvalue weighted by atomic mass is 9.96. The Hall–Kier alpha value is -1.06. The number of hydrogen-bond acceptors (Lipinski definition) is 1. The Kier molecular flexibility index (Phi) is 3.27. The van der Waals surface area contributed by atoms with Gasteiger partial charge in [0.15, 0.2) is 5.78 Å². The molecule has 4 heteroatoms. The number of nitrogens with zero attached hydrogens (tertiary/aromatic N) is 1. The molecule has 1 heterocycles. The van der Waals surface area contributed by atoms with E-state index in [1.165, 1.54) is 0 Å². The standard InChI is InChI=1S/C15H13BrClNO/c1-9-7-11-13(3-2-4-15(11)19)18(9)14-8-10(17)5-6-12(14)16/h5-8H,2-4H2,1H3. The molecule has 0 amide bonds. The van der Waals surface area contributed by atoms with Gasteiger partial charge in [-0.2, -0.15) is 0 Å². The van der Waals surface area contributed by atoms with Gasteiger partial charge in [-0.3, -0.25) is 4.79 Å². The van der Waals surface area contributed by atoms with Crippen LogP contribution in [0.25, 0.3) is 5.69 Å². The molecule has 0 radical (unpaired) electrons. The summed E-state index contributed by atoms with van der Waals surface area (Å²) in [6.45, 7) is 2.03. The fourth-order valence-electron chi connectivity index (χ4n) is 2.72. The fourth-order valence-corrected chi connectivity index (χ4v) is 3.31. The molecule has 1 aromatic heterocycles. The Morgan fingerprint density at radius 1 is 1.26 bits per heavy atom. The molecule has 0 saturated carbocycles. The molecule has 0 unspecified atom stereocenters. The van der Waals surface area contributed by atoms with Crippen LogP contribution in [-0.2, 0) is 6.42 Å². The van der Waals surface area contributed by atoms with Crippen molar-refractivity contribution in [2.75, 3.05) is 0 Å². The number of aromatic nitrogens is 1. The lowest BCUT2D eigenvalue weighted by molar-refractivity contribution is 0.0972. The number of benzene rings is 1. The van der Waals surface area contributed by atoms with E-state index >= 15 is 0 Å². The van der Waals surface area contributed by atoms with E-state index in [9.17, 15) is 4.79 Å². The average molecular weight is 339 g/mol. The summed E-state index contributed by atoms with van der Waals surface area (Å²) in [6.07, 6.45) is 2.52. The molecule has 1 aromatic carbocycles.